The number of ether oxygens (including phenoxy) is 1. The van der Waals surface area contributed by atoms with Gasteiger partial charge in [-0.1, -0.05) is 27.5 Å². The van der Waals surface area contributed by atoms with Crippen LogP contribution in [0.3, 0.4) is 0 Å². The van der Waals surface area contributed by atoms with Gasteiger partial charge in [-0.3, -0.25) is 10.1 Å². The fraction of sp³-hybridized carbons (Fsp3) is 0.412. The van der Waals surface area contributed by atoms with E-state index >= 15 is 0 Å². The Kier molecular flexibility index (Phi) is 6.30. The molecule has 3 rings (SSSR count). The Morgan fingerprint density at radius 3 is 2.59 bits per heavy atom. The molecule has 0 spiro atoms. The molecule has 156 valence electrons. The van der Waals surface area contributed by atoms with Gasteiger partial charge < -0.3 is 9.64 Å². The molecule has 9 nitrogen and oxygen atoms in total. The molecule has 1 saturated heterocycles. The summed E-state index contributed by atoms with van der Waals surface area (Å²) >= 11 is 9.57. The van der Waals surface area contributed by atoms with Crippen molar-refractivity contribution in [3.63, 3.8) is 0 Å². The maximum Gasteiger partial charge on any atom is 0.312 e. The molecule has 0 amide bonds. The first-order chi connectivity index (χ1) is 13.6. The summed E-state index contributed by atoms with van der Waals surface area (Å²) in [6.07, 6.45) is 0.584. The number of halogens is 2. The SMILES string of the molecule is Cc1cc(Br)cc([N+](=O)[O-])c1O[C@H](C)c1c(Cl)ncnc1N1CCS(=O)(=O)CC1. The molecule has 0 radical (unpaired) electrons. The third kappa shape index (κ3) is 4.78. The van der Waals surface area contributed by atoms with Gasteiger partial charge in [-0.05, 0) is 25.5 Å². The fourth-order valence-corrected chi connectivity index (χ4v) is 5.17. The van der Waals surface area contributed by atoms with Crippen LogP contribution in [0.2, 0.25) is 5.15 Å². The van der Waals surface area contributed by atoms with Gasteiger partial charge in [0.15, 0.2) is 9.84 Å². The van der Waals surface area contributed by atoms with Crippen LogP contribution in [0, 0.1) is 17.0 Å². The second kappa shape index (κ2) is 8.41. The van der Waals surface area contributed by atoms with Crippen molar-refractivity contribution in [3.05, 3.63) is 49.3 Å². The minimum absolute atomic E-state index is 0.0145. The van der Waals surface area contributed by atoms with Gasteiger partial charge in [0.25, 0.3) is 0 Å². The van der Waals surface area contributed by atoms with E-state index in [0.717, 1.165) is 0 Å². The highest BCUT2D eigenvalue weighted by Gasteiger charge is 2.29. The van der Waals surface area contributed by atoms with Gasteiger partial charge in [0.1, 0.15) is 23.4 Å². The fourth-order valence-electron chi connectivity index (χ4n) is 3.13. The topological polar surface area (TPSA) is 116 Å². The highest BCUT2D eigenvalue weighted by molar-refractivity contribution is 9.10. The summed E-state index contributed by atoms with van der Waals surface area (Å²) in [6.45, 7) is 3.94. The number of sulfone groups is 1. The van der Waals surface area contributed by atoms with Crippen LogP contribution in [-0.2, 0) is 9.84 Å². The molecule has 0 saturated carbocycles. The Hall–Kier alpha value is -1.98. The summed E-state index contributed by atoms with van der Waals surface area (Å²) in [7, 11) is -3.07. The van der Waals surface area contributed by atoms with Crippen LogP contribution >= 0.6 is 27.5 Å². The van der Waals surface area contributed by atoms with Gasteiger partial charge in [0.05, 0.1) is 22.0 Å². The minimum atomic E-state index is -3.07. The molecule has 2 heterocycles. The van der Waals surface area contributed by atoms with Crippen LogP contribution in [0.25, 0.3) is 0 Å². The highest BCUT2D eigenvalue weighted by atomic mass is 79.9. The van der Waals surface area contributed by atoms with Gasteiger partial charge in [-0.15, -0.1) is 0 Å². The van der Waals surface area contributed by atoms with Crippen LogP contribution in [0.15, 0.2) is 22.9 Å². The van der Waals surface area contributed by atoms with Crippen LogP contribution in [0.1, 0.15) is 24.2 Å². The van der Waals surface area contributed by atoms with Gasteiger partial charge in [0, 0.05) is 23.6 Å². The lowest BCUT2D eigenvalue weighted by atomic mass is 10.1. The standard InChI is InChI=1S/C17H18BrClN4O5S/c1-10-7-12(18)8-13(23(24)25)15(10)28-11(2)14-16(19)20-9-21-17(14)22-3-5-29(26,27)6-4-22/h7-9,11H,3-6H2,1-2H3/t11-/m1/s1. The van der Waals surface area contributed by atoms with Crippen LogP contribution in [-0.4, -0.2) is 47.9 Å². The summed E-state index contributed by atoms with van der Waals surface area (Å²) < 4.78 is 30.0. The molecule has 1 aromatic carbocycles. The minimum Gasteiger partial charge on any atom is -0.478 e. The van der Waals surface area contributed by atoms with E-state index in [-0.39, 0.29) is 41.2 Å². The average Bonchev–Trinajstić information content (AvgIpc) is 2.63. The first-order valence-electron chi connectivity index (χ1n) is 8.66. The van der Waals surface area contributed by atoms with E-state index in [0.29, 0.717) is 21.4 Å². The van der Waals surface area contributed by atoms with Crippen LogP contribution < -0.4 is 9.64 Å². The second-order valence-corrected chi connectivity index (χ2v) is 10.2. The van der Waals surface area contributed by atoms with Crippen molar-refractivity contribution in [2.45, 2.75) is 20.0 Å². The number of aromatic nitrogens is 2. The van der Waals surface area contributed by atoms with Crippen molar-refractivity contribution in [1.82, 2.24) is 9.97 Å². The maximum atomic E-state index is 11.7. The molecule has 1 fully saturated rings. The van der Waals surface area contributed by atoms with Crippen molar-refractivity contribution in [2.75, 3.05) is 29.5 Å². The van der Waals surface area contributed by atoms with E-state index in [1.54, 1.807) is 19.9 Å². The smallest absolute Gasteiger partial charge is 0.312 e. The summed E-state index contributed by atoms with van der Waals surface area (Å²) in [5, 5.41) is 11.6. The molecule has 0 aliphatic carbocycles. The Morgan fingerprint density at radius 2 is 1.97 bits per heavy atom. The summed E-state index contributed by atoms with van der Waals surface area (Å²) in [6, 6.07) is 3.09. The Bertz CT molecular complexity index is 1050. The van der Waals surface area contributed by atoms with Crippen molar-refractivity contribution < 1.29 is 18.1 Å². The zero-order chi connectivity index (χ0) is 21.3. The van der Waals surface area contributed by atoms with Crippen molar-refractivity contribution in [3.8, 4) is 5.75 Å². The van der Waals surface area contributed by atoms with Crippen molar-refractivity contribution >= 4 is 48.9 Å². The first-order valence-corrected chi connectivity index (χ1v) is 11.6. The normalized spacial score (nSPS) is 17.0. The van der Waals surface area contributed by atoms with Crippen LogP contribution in [0.5, 0.6) is 5.75 Å². The number of nitrogens with zero attached hydrogens (tertiary/aromatic N) is 4. The molecular weight excluding hydrogens is 488 g/mol. The summed E-state index contributed by atoms with van der Waals surface area (Å²) in [5.74, 6) is 0.615. The molecule has 2 aromatic rings. The maximum absolute atomic E-state index is 11.7. The Labute approximate surface area is 181 Å². The van der Waals surface area contributed by atoms with Gasteiger partial charge in [-0.25, -0.2) is 18.4 Å². The van der Waals surface area contributed by atoms with Gasteiger partial charge >= 0.3 is 5.69 Å². The van der Waals surface area contributed by atoms with E-state index in [9.17, 15) is 18.5 Å². The average molecular weight is 506 g/mol. The third-order valence-electron chi connectivity index (χ3n) is 4.58. The predicted octanol–water partition coefficient (Wildman–Crippen LogP) is 3.48. The molecule has 0 N–H and O–H groups in total. The Morgan fingerprint density at radius 1 is 1.31 bits per heavy atom. The van der Waals surface area contributed by atoms with Crippen molar-refractivity contribution in [2.24, 2.45) is 0 Å². The number of anilines is 1. The number of hydrogen-bond acceptors (Lipinski definition) is 8. The van der Waals surface area contributed by atoms with E-state index in [1.807, 2.05) is 4.90 Å². The summed E-state index contributed by atoms with van der Waals surface area (Å²) in [5.41, 5.74) is 0.851. The van der Waals surface area contributed by atoms with Gasteiger partial charge in [-0.2, -0.15) is 0 Å². The molecule has 1 aliphatic heterocycles. The predicted molar refractivity (Wildman–Crippen MR) is 112 cm³/mol. The zero-order valence-electron chi connectivity index (χ0n) is 15.6. The molecular formula is C17H18BrClN4O5S. The second-order valence-electron chi connectivity index (χ2n) is 6.63. The molecule has 12 heteroatoms. The molecule has 1 aromatic heterocycles. The van der Waals surface area contributed by atoms with E-state index in [4.69, 9.17) is 16.3 Å². The van der Waals surface area contributed by atoms with Gasteiger partial charge in [0.2, 0.25) is 5.75 Å². The highest BCUT2D eigenvalue weighted by Crippen LogP contribution is 2.39. The Balaban J connectivity index is 1.97. The number of benzene rings is 1. The zero-order valence-corrected chi connectivity index (χ0v) is 18.8. The number of rotatable bonds is 5. The lowest BCUT2D eigenvalue weighted by Gasteiger charge is -2.30. The number of nitro benzene ring substituents is 1. The molecule has 0 bridgehead atoms. The molecule has 1 atom stereocenters. The summed E-state index contributed by atoms with van der Waals surface area (Å²) in [4.78, 5) is 21.1. The molecule has 29 heavy (non-hydrogen) atoms. The van der Waals surface area contributed by atoms with E-state index in [1.165, 1.54) is 12.4 Å². The number of hydrogen-bond donors (Lipinski definition) is 0. The number of nitro groups is 1. The largest absolute Gasteiger partial charge is 0.478 e. The molecule has 0 unspecified atom stereocenters. The third-order valence-corrected chi connectivity index (χ3v) is 6.94. The van der Waals surface area contributed by atoms with E-state index < -0.39 is 20.9 Å². The lowest BCUT2D eigenvalue weighted by Crippen LogP contribution is -2.41. The lowest BCUT2D eigenvalue weighted by molar-refractivity contribution is -0.386. The first kappa shape index (κ1) is 21.7. The number of aryl methyl sites for hydroxylation is 1. The molecule has 1 aliphatic rings. The quantitative estimate of drug-likeness (QED) is 0.344. The van der Waals surface area contributed by atoms with E-state index in [2.05, 4.69) is 25.9 Å². The monoisotopic (exact) mass is 504 g/mol. The van der Waals surface area contributed by atoms with Crippen molar-refractivity contribution in [1.29, 1.82) is 0 Å². The van der Waals surface area contributed by atoms with Crippen LogP contribution in [0.4, 0.5) is 11.5 Å².